The Labute approximate surface area is 172 Å². The van der Waals surface area contributed by atoms with Gasteiger partial charge in [0.25, 0.3) is 0 Å². The van der Waals surface area contributed by atoms with Gasteiger partial charge in [-0.1, -0.05) is 83.5 Å². The maximum absolute atomic E-state index is 11.5. The van der Waals surface area contributed by atoms with Crippen LogP contribution in [-0.2, 0) is 23.8 Å². The molecular weight excluding hydrogens is 356 g/mol. The van der Waals surface area contributed by atoms with Crippen molar-refractivity contribution in [1.29, 1.82) is 0 Å². The maximum atomic E-state index is 11.5. The first kappa shape index (κ1) is 26.9. The molecule has 0 radical (unpaired) electrons. The number of carbonyl (C=O) groups excluding carboxylic acids is 2. The largest absolute Gasteiger partial charge is 0.466 e. The fraction of sp³-hybridized carbons (Fsp3) is 0.913. The number of esters is 2. The van der Waals surface area contributed by atoms with Gasteiger partial charge in [-0.05, 0) is 19.8 Å². The van der Waals surface area contributed by atoms with E-state index in [1.165, 1.54) is 91.1 Å². The van der Waals surface area contributed by atoms with Crippen molar-refractivity contribution < 1.29 is 23.8 Å². The van der Waals surface area contributed by atoms with E-state index in [9.17, 15) is 9.59 Å². The minimum absolute atomic E-state index is 0.156. The zero-order valence-electron chi connectivity index (χ0n) is 18.6. The Morgan fingerprint density at radius 1 is 0.679 bits per heavy atom. The Morgan fingerprint density at radius 3 is 1.46 bits per heavy atom. The number of hydrogen-bond acceptors (Lipinski definition) is 5. The van der Waals surface area contributed by atoms with Crippen molar-refractivity contribution in [3.63, 3.8) is 0 Å². The van der Waals surface area contributed by atoms with Gasteiger partial charge in [0, 0.05) is 20.5 Å². The highest BCUT2D eigenvalue weighted by atomic mass is 16.7. The van der Waals surface area contributed by atoms with Gasteiger partial charge in [0.05, 0.1) is 6.61 Å². The number of methoxy groups -OCH3 is 1. The highest BCUT2D eigenvalue weighted by molar-refractivity contribution is 5.69. The van der Waals surface area contributed by atoms with E-state index in [0.717, 1.165) is 19.3 Å². The van der Waals surface area contributed by atoms with Gasteiger partial charge in [0.2, 0.25) is 0 Å². The summed E-state index contributed by atoms with van der Waals surface area (Å²) in [5, 5.41) is 0. The summed E-state index contributed by atoms with van der Waals surface area (Å²) in [6.45, 7) is 3.77. The fourth-order valence-corrected chi connectivity index (χ4v) is 3.18. The lowest BCUT2D eigenvalue weighted by Gasteiger charge is -2.10. The molecule has 0 aromatic rings. The first-order valence-corrected chi connectivity index (χ1v) is 11.4. The van der Waals surface area contributed by atoms with Crippen molar-refractivity contribution in [3.05, 3.63) is 0 Å². The van der Waals surface area contributed by atoms with Crippen molar-refractivity contribution in [2.45, 2.75) is 123 Å². The van der Waals surface area contributed by atoms with Crippen LogP contribution in [0.5, 0.6) is 0 Å². The van der Waals surface area contributed by atoms with Crippen LogP contribution in [0.25, 0.3) is 0 Å². The predicted molar refractivity (Wildman–Crippen MR) is 113 cm³/mol. The third kappa shape index (κ3) is 21.2. The standard InChI is InChI=1S/C23H44O5/c1-21(24)27-20-18-16-14-12-10-8-6-4-5-7-9-11-13-15-17-19-23(25)28-22(2)26-3/h22H,4-20H2,1-3H3. The summed E-state index contributed by atoms with van der Waals surface area (Å²) in [6, 6.07) is 0. The molecule has 0 bridgehead atoms. The first-order valence-electron chi connectivity index (χ1n) is 11.4. The second kappa shape index (κ2) is 20.6. The van der Waals surface area contributed by atoms with Crippen LogP contribution in [0.15, 0.2) is 0 Å². The first-order chi connectivity index (χ1) is 13.6. The maximum Gasteiger partial charge on any atom is 0.308 e. The summed E-state index contributed by atoms with van der Waals surface area (Å²) in [5.41, 5.74) is 0. The number of rotatable bonds is 20. The van der Waals surface area contributed by atoms with E-state index in [1.807, 2.05) is 0 Å². The quantitative estimate of drug-likeness (QED) is 0.136. The lowest BCUT2D eigenvalue weighted by Crippen LogP contribution is -2.16. The minimum Gasteiger partial charge on any atom is -0.466 e. The molecule has 0 rings (SSSR count). The number of carbonyl (C=O) groups is 2. The molecule has 0 saturated carbocycles. The zero-order chi connectivity index (χ0) is 20.9. The van der Waals surface area contributed by atoms with Crippen LogP contribution >= 0.6 is 0 Å². The second-order valence-corrected chi connectivity index (χ2v) is 7.69. The summed E-state index contributed by atoms with van der Waals surface area (Å²) in [5.74, 6) is -0.327. The molecule has 0 amide bonds. The molecule has 1 unspecified atom stereocenters. The van der Waals surface area contributed by atoms with Crippen molar-refractivity contribution >= 4 is 11.9 Å². The lowest BCUT2D eigenvalue weighted by atomic mass is 10.0. The van der Waals surface area contributed by atoms with Gasteiger partial charge < -0.3 is 14.2 Å². The highest BCUT2D eigenvalue weighted by Gasteiger charge is 2.07. The summed E-state index contributed by atoms with van der Waals surface area (Å²) in [6.07, 6.45) is 18.7. The lowest BCUT2D eigenvalue weighted by molar-refractivity contribution is -0.169. The highest BCUT2D eigenvalue weighted by Crippen LogP contribution is 2.14. The van der Waals surface area contributed by atoms with Crippen molar-refractivity contribution in [2.75, 3.05) is 13.7 Å². The van der Waals surface area contributed by atoms with Gasteiger partial charge in [-0.2, -0.15) is 0 Å². The Bertz CT molecular complexity index is 370. The Balaban J connectivity index is 3.12. The zero-order valence-corrected chi connectivity index (χ0v) is 18.6. The van der Waals surface area contributed by atoms with E-state index in [0.29, 0.717) is 13.0 Å². The molecule has 0 spiro atoms. The molecule has 166 valence electrons. The molecule has 0 aromatic heterocycles. The van der Waals surface area contributed by atoms with Crippen molar-refractivity contribution in [1.82, 2.24) is 0 Å². The molecule has 1 atom stereocenters. The molecule has 5 heteroatoms. The van der Waals surface area contributed by atoms with Gasteiger partial charge in [-0.3, -0.25) is 9.59 Å². The average Bonchev–Trinajstić information content (AvgIpc) is 2.66. The minimum atomic E-state index is -0.439. The molecule has 5 nitrogen and oxygen atoms in total. The summed E-state index contributed by atoms with van der Waals surface area (Å²) in [4.78, 5) is 22.1. The van der Waals surface area contributed by atoms with Gasteiger partial charge in [-0.15, -0.1) is 0 Å². The topological polar surface area (TPSA) is 61.8 Å². The van der Waals surface area contributed by atoms with Crippen LogP contribution in [0.2, 0.25) is 0 Å². The Hall–Kier alpha value is -1.10. The molecule has 0 aliphatic carbocycles. The van der Waals surface area contributed by atoms with E-state index >= 15 is 0 Å². The molecule has 0 aliphatic heterocycles. The predicted octanol–water partition coefficient (Wildman–Crippen LogP) is 6.33. The van der Waals surface area contributed by atoms with Gasteiger partial charge in [0.15, 0.2) is 6.29 Å². The van der Waals surface area contributed by atoms with E-state index in [1.54, 1.807) is 6.92 Å². The van der Waals surface area contributed by atoms with E-state index in [-0.39, 0.29) is 11.9 Å². The Morgan fingerprint density at radius 2 is 1.07 bits per heavy atom. The third-order valence-electron chi connectivity index (χ3n) is 4.96. The molecule has 0 heterocycles. The van der Waals surface area contributed by atoms with Crippen LogP contribution in [0, 0.1) is 0 Å². The van der Waals surface area contributed by atoms with E-state index in [2.05, 4.69) is 0 Å². The number of hydrogen-bond donors (Lipinski definition) is 0. The number of ether oxygens (including phenoxy) is 3. The molecule has 28 heavy (non-hydrogen) atoms. The average molecular weight is 401 g/mol. The summed E-state index contributed by atoms with van der Waals surface area (Å²) in [7, 11) is 1.54. The monoisotopic (exact) mass is 400 g/mol. The fourth-order valence-electron chi connectivity index (χ4n) is 3.18. The summed E-state index contributed by atoms with van der Waals surface area (Å²) >= 11 is 0. The van der Waals surface area contributed by atoms with E-state index < -0.39 is 6.29 Å². The molecule has 0 fully saturated rings. The van der Waals surface area contributed by atoms with Crippen LogP contribution in [0.4, 0.5) is 0 Å². The van der Waals surface area contributed by atoms with Crippen LogP contribution in [-0.4, -0.2) is 31.9 Å². The molecule has 0 aliphatic rings. The number of unbranched alkanes of at least 4 members (excludes halogenated alkanes) is 14. The smallest absolute Gasteiger partial charge is 0.308 e. The third-order valence-corrected chi connectivity index (χ3v) is 4.96. The van der Waals surface area contributed by atoms with Crippen LogP contribution < -0.4 is 0 Å². The van der Waals surface area contributed by atoms with Gasteiger partial charge in [0.1, 0.15) is 0 Å². The van der Waals surface area contributed by atoms with Crippen LogP contribution in [0.1, 0.15) is 117 Å². The van der Waals surface area contributed by atoms with Crippen molar-refractivity contribution in [3.8, 4) is 0 Å². The Kier molecular flexibility index (Phi) is 19.8. The van der Waals surface area contributed by atoms with E-state index in [4.69, 9.17) is 14.2 Å². The second-order valence-electron chi connectivity index (χ2n) is 7.69. The molecular formula is C23H44O5. The molecule has 0 aromatic carbocycles. The molecule has 0 saturated heterocycles. The van der Waals surface area contributed by atoms with Gasteiger partial charge in [-0.25, -0.2) is 0 Å². The van der Waals surface area contributed by atoms with Gasteiger partial charge >= 0.3 is 11.9 Å². The van der Waals surface area contributed by atoms with Crippen molar-refractivity contribution in [2.24, 2.45) is 0 Å². The normalized spacial score (nSPS) is 12.0. The van der Waals surface area contributed by atoms with Crippen LogP contribution in [0.3, 0.4) is 0 Å². The summed E-state index contributed by atoms with van der Waals surface area (Å²) < 4.78 is 14.9. The molecule has 0 N–H and O–H groups in total. The SMILES string of the molecule is COC(C)OC(=O)CCCCCCCCCCCCCCCCCOC(C)=O.